The average molecular weight is 490 g/mol. The van der Waals surface area contributed by atoms with Crippen LogP contribution in [0.3, 0.4) is 0 Å². The van der Waals surface area contributed by atoms with Crippen molar-refractivity contribution in [3.05, 3.63) is 35.4 Å². The van der Waals surface area contributed by atoms with Crippen molar-refractivity contribution in [2.75, 3.05) is 46.4 Å². The molecule has 1 N–H and O–H groups in total. The van der Waals surface area contributed by atoms with E-state index >= 15 is 0 Å². The average Bonchev–Trinajstić information content (AvgIpc) is 2.67. The second kappa shape index (κ2) is 12.8. The number of nitrogens with zero attached hydrogens (tertiary/aromatic N) is 3. The molecule has 1 aromatic carbocycles. The minimum atomic E-state index is -0.234. The minimum Gasteiger partial charge on any atom is -0.450 e. The Labute approximate surface area is 179 Å². The number of methoxy groups -OCH3 is 1. The van der Waals surface area contributed by atoms with Crippen LogP contribution in [0.1, 0.15) is 25.0 Å². The number of carbonyl (C=O) groups excluding carboxylic acids is 1. The van der Waals surface area contributed by atoms with Crippen molar-refractivity contribution in [1.29, 1.82) is 0 Å². The van der Waals surface area contributed by atoms with Gasteiger partial charge in [0.05, 0.1) is 19.8 Å². The van der Waals surface area contributed by atoms with Gasteiger partial charge in [-0.1, -0.05) is 24.3 Å². The summed E-state index contributed by atoms with van der Waals surface area (Å²) in [7, 11) is 1.70. The third kappa shape index (κ3) is 7.17. The summed E-state index contributed by atoms with van der Waals surface area (Å²) in [4.78, 5) is 20.6. The second-order valence-electron chi connectivity index (χ2n) is 6.04. The molecule has 1 aliphatic rings. The normalized spacial score (nSPS) is 14.6. The molecule has 0 aromatic heterocycles. The molecule has 1 aromatic rings. The van der Waals surface area contributed by atoms with Crippen LogP contribution in [0.2, 0.25) is 0 Å². The van der Waals surface area contributed by atoms with E-state index in [9.17, 15) is 4.79 Å². The van der Waals surface area contributed by atoms with E-state index < -0.39 is 0 Å². The summed E-state index contributed by atoms with van der Waals surface area (Å²) < 4.78 is 10.3. The van der Waals surface area contributed by atoms with Gasteiger partial charge in [-0.05, 0) is 25.0 Å². The van der Waals surface area contributed by atoms with Crippen molar-refractivity contribution in [3.8, 4) is 0 Å². The number of hydrogen-bond acceptors (Lipinski definition) is 4. The topological polar surface area (TPSA) is 66.4 Å². The Morgan fingerprint density at radius 1 is 1.11 bits per heavy atom. The summed E-state index contributed by atoms with van der Waals surface area (Å²) in [6.07, 6.45) is -0.234. The van der Waals surface area contributed by atoms with Gasteiger partial charge in [-0.15, -0.1) is 24.0 Å². The molecule has 0 aliphatic carbocycles. The molecule has 152 valence electrons. The van der Waals surface area contributed by atoms with Crippen LogP contribution < -0.4 is 5.32 Å². The first-order chi connectivity index (χ1) is 12.7. The fourth-order valence-corrected chi connectivity index (χ4v) is 2.91. The Bertz CT molecular complexity index is 604. The molecule has 0 saturated carbocycles. The van der Waals surface area contributed by atoms with Gasteiger partial charge in [0.25, 0.3) is 0 Å². The van der Waals surface area contributed by atoms with Crippen molar-refractivity contribution < 1.29 is 14.3 Å². The second-order valence-corrected chi connectivity index (χ2v) is 6.04. The number of benzene rings is 1. The Hall–Kier alpha value is -1.55. The zero-order valence-electron chi connectivity index (χ0n) is 16.4. The van der Waals surface area contributed by atoms with Crippen LogP contribution in [0, 0.1) is 0 Å². The van der Waals surface area contributed by atoms with E-state index in [1.165, 1.54) is 0 Å². The largest absolute Gasteiger partial charge is 0.450 e. The molecule has 8 heteroatoms. The summed E-state index contributed by atoms with van der Waals surface area (Å²) in [5, 5.41) is 3.35. The van der Waals surface area contributed by atoms with E-state index in [0.29, 0.717) is 32.8 Å². The van der Waals surface area contributed by atoms with Crippen molar-refractivity contribution in [3.63, 3.8) is 0 Å². The summed E-state index contributed by atoms with van der Waals surface area (Å²) in [6.45, 7) is 9.04. The van der Waals surface area contributed by atoms with Gasteiger partial charge >= 0.3 is 6.09 Å². The van der Waals surface area contributed by atoms with Gasteiger partial charge in [-0.25, -0.2) is 9.79 Å². The lowest BCUT2D eigenvalue weighted by Gasteiger charge is -2.35. The first kappa shape index (κ1) is 23.5. The molecule has 1 heterocycles. The van der Waals surface area contributed by atoms with E-state index in [-0.39, 0.29) is 30.1 Å². The third-order valence-corrected chi connectivity index (χ3v) is 4.26. The number of hydrogen-bond donors (Lipinski definition) is 1. The van der Waals surface area contributed by atoms with E-state index in [0.717, 1.165) is 36.7 Å². The van der Waals surface area contributed by atoms with E-state index in [1.54, 1.807) is 12.0 Å². The van der Waals surface area contributed by atoms with Crippen LogP contribution in [0.4, 0.5) is 4.79 Å². The first-order valence-electron chi connectivity index (χ1n) is 9.20. The molecule has 1 saturated heterocycles. The van der Waals surface area contributed by atoms with Crippen LogP contribution in [0.15, 0.2) is 29.3 Å². The maximum absolute atomic E-state index is 11.8. The quantitative estimate of drug-likeness (QED) is 0.378. The molecular formula is C19H31IN4O3. The number of piperazine rings is 1. The Kier molecular flexibility index (Phi) is 11.1. The maximum Gasteiger partial charge on any atom is 0.409 e. The van der Waals surface area contributed by atoms with Crippen LogP contribution in [0.5, 0.6) is 0 Å². The number of amides is 1. The number of halogens is 1. The summed E-state index contributed by atoms with van der Waals surface area (Å²) in [5.74, 6) is 0.878. The first-order valence-corrected chi connectivity index (χ1v) is 9.20. The Balaban J connectivity index is 0.00000364. The summed E-state index contributed by atoms with van der Waals surface area (Å²) in [5.41, 5.74) is 2.32. The van der Waals surface area contributed by atoms with Gasteiger partial charge < -0.3 is 24.6 Å². The third-order valence-electron chi connectivity index (χ3n) is 4.26. The predicted octanol–water partition coefficient (Wildman–Crippen LogP) is 2.69. The SMILES string of the molecule is CCNC(=NCc1ccccc1COC)N1CCN(C(=O)OCC)CC1.I. The highest BCUT2D eigenvalue weighted by Gasteiger charge is 2.23. The lowest BCUT2D eigenvalue weighted by molar-refractivity contribution is 0.0914. The molecular weight excluding hydrogens is 459 g/mol. The molecule has 0 atom stereocenters. The molecule has 0 radical (unpaired) electrons. The minimum absolute atomic E-state index is 0. The number of guanidine groups is 1. The van der Waals surface area contributed by atoms with Gasteiger partial charge in [0.1, 0.15) is 0 Å². The maximum atomic E-state index is 11.8. The molecule has 0 spiro atoms. The number of ether oxygens (including phenoxy) is 2. The van der Waals surface area contributed by atoms with Crippen LogP contribution in [0.25, 0.3) is 0 Å². The van der Waals surface area contributed by atoms with E-state index in [1.807, 2.05) is 19.1 Å². The highest BCUT2D eigenvalue weighted by Crippen LogP contribution is 2.12. The highest BCUT2D eigenvalue weighted by molar-refractivity contribution is 14.0. The molecule has 1 aliphatic heterocycles. The molecule has 0 unspecified atom stereocenters. The van der Waals surface area contributed by atoms with Crippen molar-refractivity contribution in [1.82, 2.24) is 15.1 Å². The van der Waals surface area contributed by atoms with Crippen molar-refractivity contribution in [2.24, 2.45) is 4.99 Å². The van der Waals surface area contributed by atoms with Gasteiger partial charge in [0.15, 0.2) is 5.96 Å². The number of rotatable bonds is 6. The van der Waals surface area contributed by atoms with Gasteiger partial charge in [0.2, 0.25) is 0 Å². The van der Waals surface area contributed by atoms with E-state index in [4.69, 9.17) is 14.5 Å². The van der Waals surface area contributed by atoms with Crippen LogP contribution in [-0.4, -0.2) is 68.3 Å². The fraction of sp³-hybridized carbons (Fsp3) is 0.579. The molecule has 7 nitrogen and oxygen atoms in total. The standard InChI is InChI=1S/C19H30N4O3.HI/c1-4-20-18(21-14-16-8-6-7-9-17(16)15-25-3)22-10-12-23(13-11-22)19(24)26-5-2;/h6-9H,4-5,10-15H2,1-3H3,(H,20,21);1H. The Morgan fingerprint density at radius 2 is 1.74 bits per heavy atom. The van der Waals surface area contributed by atoms with Gasteiger partial charge in [-0.3, -0.25) is 0 Å². The zero-order valence-corrected chi connectivity index (χ0v) is 18.8. The fourth-order valence-electron chi connectivity index (χ4n) is 2.91. The number of nitrogens with one attached hydrogen (secondary N) is 1. The lowest BCUT2D eigenvalue weighted by Crippen LogP contribution is -2.53. The highest BCUT2D eigenvalue weighted by atomic mass is 127. The summed E-state index contributed by atoms with van der Waals surface area (Å²) >= 11 is 0. The number of carbonyl (C=O) groups is 1. The van der Waals surface area contributed by atoms with E-state index in [2.05, 4.69) is 29.3 Å². The van der Waals surface area contributed by atoms with Crippen molar-refractivity contribution >= 4 is 36.0 Å². The Morgan fingerprint density at radius 3 is 2.33 bits per heavy atom. The smallest absolute Gasteiger partial charge is 0.409 e. The van der Waals surface area contributed by atoms with Crippen LogP contribution in [-0.2, 0) is 22.6 Å². The molecule has 0 bridgehead atoms. The monoisotopic (exact) mass is 490 g/mol. The number of aliphatic imine (C=N–C) groups is 1. The van der Waals surface area contributed by atoms with Gasteiger partial charge in [-0.2, -0.15) is 0 Å². The predicted molar refractivity (Wildman–Crippen MR) is 118 cm³/mol. The molecule has 1 fully saturated rings. The molecule has 27 heavy (non-hydrogen) atoms. The zero-order chi connectivity index (χ0) is 18.8. The summed E-state index contributed by atoms with van der Waals surface area (Å²) in [6, 6.07) is 8.19. The van der Waals surface area contributed by atoms with Gasteiger partial charge in [0, 0.05) is 39.8 Å². The van der Waals surface area contributed by atoms with Crippen LogP contribution >= 0.6 is 24.0 Å². The lowest BCUT2D eigenvalue weighted by atomic mass is 10.1. The van der Waals surface area contributed by atoms with Crippen molar-refractivity contribution in [2.45, 2.75) is 27.0 Å². The molecule has 1 amide bonds. The molecule has 2 rings (SSSR count).